The number of carboxylic acid groups (broad SMARTS) is 1. The third kappa shape index (κ3) is 8.55. The first-order valence-electron chi connectivity index (χ1n) is 16.2. The number of halogens is 3. The standard InChI is InChI=1S/C30H43N5O3.C2HF3O2/c36-28-4-3-27(29(37)32-28)35-20-24-18-25(1-2-26(24)30(35)38)34-15-9-23(10-16-34)19-33-13-7-22(8-14-33)17-21-5-11-31-12-6-21;3-2(4,5)1(6)7/h1-2,18,21-23,27,31H,3-17,19-20H2,(H,32,36,37);(H,6,7). The molecule has 13 heteroatoms. The van der Waals surface area contributed by atoms with Crippen LogP contribution < -0.4 is 15.5 Å². The number of aliphatic carboxylic acids is 1. The van der Waals surface area contributed by atoms with E-state index < -0.39 is 18.2 Å². The number of carboxylic acids is 1. The summed E-state index contributed by atoms with van der Waals surface area (Å²) in [5, 5.41) is 13.0. The quantitative estimate of drug-likeness (QED) is 0.407. The number of fused-ring (bicyclic) bond motifs is 1. The second kappa shape index (κ2) is 14.5. The van der Waals surface area contributed by atoms with Gasteiger partial charge in [0, 0.05) is 43.9 Å². The van der Waals surface area contributed by atoms with Crippen LogP contribution in [0.4, 0.5) is 18.9 Å². The fourth-order valence-electron chi connectivity index (χ4n) is 7.49. The van der Waals surface area contributed by atoms with Crippen molar-refractivity contribution in [2.45, 2.75) is 76.6 Å². The van der Waals surface area contributed by atoms with Crippen LogP contribution in [0.2, 0.25) is 0 Å². The summed E-state index contributed by atoms with van der Waals surface area (Å²) in [6.07, 6.45) is 4.99. The Labute approximate surface area is 261 Å². The fourth-order valence-corrected chi connectivity index (χ4v) is 7.49. The van der Waals surface area contributed by atoms with E-state index in [1.807, 2.05) is 6.07 Å². The van der Waals surface area contributed by atoms with Crippen molar-refractivity contribution in [3.05, 3.63) is 29.3 Å². The Balaban J connectivity index is 0.000000515. The average Bonchev–Trinajstić information content (AvgIpc) is 3.34. The average molecular weight is 636 g/mol. The van der Waals surface area contributed by atoms with E-state index in [1.165, 1.54) is 83.4 Å². The van der Waals surface area contributed by atoms with Crippen LogP contribution in [0.15, 0.2) is 18.2 Å². The summed E-state index contributed by atoms with van der Waals surface area (Å²) in [6, 6.07) is 5.59. The van der Waals surface area contributed by atoms with Crippen LogP contribution in [0.1, 0.15) is 73.7 Å². The number of benzene rings is 1. The Bertz CT molecular complexity index is 1240. The van der Waals surface area contributed by atoms with Gasteiger partial charge >= 0.3 is 12.1 Å². The highest BCUT2D eigenvalue weighted by molar-refractivity contribution is 6.05. The van der Waals surface area contributed by atoms with Gasteiger partial charge in [-0.15, -0.1) is 0 Å². The van der Waals surface area contributed by atoms with Crippen molar-refractivity contribution in [1.29, 1.82) is 0 Å². The summed E-state index contributed by atoms with van der Waals surface area (Å²) in [4.78, 5) is 52.6. The van der Waals surface area contributed by atoms with Crippen LogP contribution in [0, 0.1) is 17.8 Å². The molecule has 4 fully saturated rings. The molecule has 248 valence electrons. The maximum atomic E-state index is 13.0. The zero-order valence-corrected chi connectivity index (χ0v) is 25.6. The molecule has 10 nitrogen and oxygen atoms in total. The van der Waals surface area contributed by atoms with Crippen molar-refractivity contribution in [2.75, 3.05) is 50.7 Å². The van der Waals surface area contributed by atoms with E-state index in [2.05, 4.69) is 32.6 Å². The van der Waals surface area contributed by atoms with E-state index in [0.717, 1.165) is 36.4 Å². The highest BCUT2D eigenvalue weighted by atomic mass is 19.4. The minimum absolute atomic E-state index is 0.0979. The molecular formula is C32H44F3N5O5. The summed E-state index contributed by atoms with van der Waals surface area (Å²) in [7, 11) is 0. The third-order valence-corrected chi connectivity index (χ3v) is 10.1. The molecule has 6 rings (SSSR count). The van der Waals surface area contributed by atoms with Gasteiger partial charge in [-0.3, -0.25) is 19.7 Å². The molecule has 45 heavy (non-hydrogen) atoms. The number of likely N-dealkylation sites (tertiary alicyclic amines) is 1. The molecule has 0 bridgehead atoms. The molecule has 0 spiro atoms. The number of nitrogens with one attached hydrogen (secondary N) is 2. The Hall–Kier alpha value is -3.19. The topological polar surface area (TPSA) is 122 Å². The van der Waals surface area contributed by atoms with Crippen molar-refractivity contribution >= 4 is 29.4 Å². The number of alkyl halides is 3. The smallest absolute Gasteiger partial charge is 0.475 e. The van der Waals surface area contributed by atoms with Crippen molar-refractivity contribution in [1.82, 2.24) is 20.4 Å². The van der Waals surface area contributed by atoms with Crippen LogP contribution in [-0.2, 0) is 20.9 Å². The van der Waals surface area contributed by atoms with Gasteiger partial charge in [0.1, 0.15) is 6.04 Å². The zero-order chi connectivity index (χ0) is 32.1. The number of carbonyl (C=O) groups is 4. The minimum atomic E-state index is -5.08. The van der Waals surface area contributed by atoms with Crippen LogP contribution in [0.25, 0.3) is 0 Å². The predicted octanol–water partition coefficient (Wildman–Crippen LogP) is 3.40. The normalized spacial score (nSPS) is 24.2. The molecule has 0 aromatic heterocycles. The van der Waals surface area contributed by atoms with Crippen molar-refractivity contribution < 1.29 is 37.5 Å². The molecule has 0 aliphatic carbocycles. The number of amides is 3. The number of rotatable bonds is 6. The molecule has 3 N–H and O–H groups in total. The van der Waals surface area contributed by atoms with Gasteiger partial charge in [0.2, 0.25) is 11.8 Å². The summed E-state index contributed by atoms with van der Waals surface area (Å²) in [5.74, 6) is -0.796. The first-order chi connectivity index (χ1) is 21.5. The first kappa shape index (κ1) is 33.2. The lowest BCUT2D eigenvalue weighted by Gasteiger charge is -2.39. The predicted molar refractivity (Wildman–Crippen MR) is 160 cm³/mol. The van der Waals surface area contributed by atoms with Crippen molar-refractivity contribution in [3.8, 4) is 0 Å². The van der Waals surface area contributed by atoms with Gasteiger partial charge in [-0.2, -0.15) is 13.2 Å². The number of hydrogen-bond acceptors (Lipinski definition) is 7. The zero-order valence-electron chi connectivity index (χ0n) is 25.6. The summed E-state index contributed by atoms with van der Waals surface area (Å²) < 4.78 is 31.7. The van der Waals surface area contributed by atoms with E-state index in [9.17, 15) is 27.6 Å². The van der Waals surface area contributed by atoms with Gasteiger partial charge in [0.05, 0.1) is 0 Å². The largest absolute Gasteiger partial charge is 0.490 e. The Kier molecular flexibility index (Phi) is 10.7. The van der Waals surface area contributed by atoms with Gasteiger partial charge < -0.3 is 25.1 Å². The van der Waals surface area contributed by atoms with Gasteiger partial charge in [-0.25, -0.2) is 4.79 Å². The van der Waals surface area contributed by atoms with E-state index in [4.69, 9.17) is 9.90 Å². The number of anilines is 1. The Morgan fingerprint density at radius 3 is 2.13 bits per heavy atom. The van der Waals surface area contributed by atoms with E-state index in [-0.39, 0.29) is 24.1 Å². The van der Waals surface area contributed by atoms with E-state index in [1.54, 1.807) is 4.90 Å². The Morgan fingerprint density at radius 2 is 1.51 bits per heavy atom. The SMILES string of the molecule is O=C(O)C(F)(F)F.O=C1CCC(N2Cc3cc(N4CCC(CN5CCC(CC6CCNCC6)CC5)CC4)ccc3C2=O)C(=O)N1. The fraction of sp³-hybridized carbons (Fsp3) is 0.688. The monoisotopic (exact) mass is 635 g/mol. The maximum Gasteiger partial charge on any atom is 0.490 e. The van der Waals surface area contributed by atoms with Gasteiger partial charge in [0.25, 0.3) is 5.91 Å². The second-order valence-electron chi connectivity index (χ2n) is 13.1. The molecule has 5 aliphatic heterocycles. The van der Waals surface area contributed by atoms with Gasteiger partial charge in [-0.05, 0) is 119 Å². The number of piperidine rings is 4. The molecule has 5 heterocycles. The van der Waals surface area contributed by atoms with E-state index in [0.29, 0.717) is 18.5 Å². The second-order valence-corrected chi connectivity index (χ2v) is 13.1. The van der Waals surface area contributed by atoms with Crippen LogP contribution >= 0.6 is 0 Å². The lowest BCUT2D eigenvalue weighted by atomic mass is 9.83. The molecule has 1 atom stereocenters. The molecule has 1 unspecified atom stereocenters. The summed E-state index contributed by atoms with van der Waals surface area (Å²) in [6.45, 7) is 8.78. The maximum absolute atomic E-state index is 13.0. The molecule has 1 aromatic carbocycles. The molecule has 0 radical (unpaired) electrons. The van der Waals surface area contributed by atoms with Crippen LogP contribution in [0.3, 0.4) is 0 Å². The number of carbonyl (C=O) groups excluding carboxylic acids is 3. The number of hydrogen-bond donors (Lipinski definition) is 3. The molecule has 3 amide bonds. The Morgan fingerprint density at radius 1 is 0.889 bits per heavy atom. The molecular weight excluding hydrogens is 591 g/mol. The first-order valence-corrected chi connectivity index (χ1v) is 16.2. The van der Waals surface area contributed by atoms with Crippen LogP contribution in [0.5, 0.6) is 0 Å². The highest BCUT2D eigenvalue weighted by Gasteiger charge is 2.40. The molecule has 1 aromatic rings. The lowest BCUT2D eigenvalue weighted by Crippen LogP contribution is -2.52. The summed E-state index contributed by atoms with van der Waals surface area (Å²) in [5.41, 5.74) is 2.86. The highest BCUT2D eigenvalue weighted by Crippen LogP contribution is 2.33. The van der Waals surface area contributed by atoms with Gasteiger partial charge in [0.15, 0.2) is 0 Å². The third-order valence-electron chi connectivity index (χ3n) is 10.1. The lowest BCUT2D eigenvalue weighted by molar-refractivity contribution is -0.192. The molecule has 0 saturated carbocycles. The minimum Gasteiger partial charge on any atom is -0.475 e. The van der Waals surface area contributed by atoms with Crippen molar-refractivity contribution in [3.63, 3.8) is 0 Å². The molecule has 4 saturated heterocycles. The molecule has 5 aliphatic rings. The van der Waals surface area contributed by atoms with Crippen LogP contribution in [-0.4, -0.2) is 96.6 Å². The number of nitrogens with zero attached hydrogens (tertiary/aromatic N) is 3. The van der Waals surface area contributed by atoms with Gasteiger partial charge in [-0.1, -0.05) is 0 Å². The van der Waals surface area contributed by atoms with E-state index >= 15 is 0 Å². The summed E-state index contributed by atoms with van der Waals surface area (Å²) >= 11 is 0. The van der Waals surface area contributed by atoms with Crippen molar-refractivity contribution in [2.24, 2.45) is 17.8 Å². The number of imide groups is 1.